The van der Waals surface area contributed by atoms with E-state index in [2.05, 4.69) is 20.4 Å². The molecule has 0 radical (unpaired) electrons. The monoisotopic (exact) mass is 252 g/mol. The van der Waals surface area contributed by atoms with Crippen LogP contribution in [0, 0.1) is 5.92 Å². The van der Waals surface area contributed by atoms with Crippen molar-refractivity contribution in [2.45, 2.75) is 13.8 Å². The Morgan fingerprint density at radius 1 is 1.25 bits per heavy atom. The van der Waals surface area contributed by atoms with Gasteiger partial charge in [-0.15, -0.1) is 6.58 Å². The van der Waals surface area contributed by atoms with Crippen LogP contribution in [0.2, 0.25) is 0 Å². The van der Waals surface area contributed by atoms with E-state index in [-0.39, 0.29) is 57.0 Å². The van der Waals surface area contributed by atoms with Crippen molar-refractivity contribution in [1.29, 1.82) is 0 Å². The van der Waals surface area contributed by atoms with Gasteiger partial charge in [0.1, 0.15) is 0 Å². The van der Waals surface area contributed by atoms with Gasteiger partial charge in [0.25, 0.3) is 0 Å². The van der Waals surface area contributed by atoms with Crippen LogP contribution in [0.15, 0.2) is 12.7 Å². The zero-order valence-corrected chi connectivity index (χ0v) is 9.91. The van der Waals surface area contributed by atoms with Gasteiger partial charge in [0.15, 0.2) is 0 Å². The minimum atomic E-state index is 0. The van der Waals surface area contributed by atoms with Gasteiger partial charge >= 0.3 is 23.1 Å². The van der Waals surface area contributed by atoms with Crippen molar-refractivity contribution in [2.75, 3.05) is 0 Å². The van der Waals surface area contributed by atoms with E-state index in [1.165, 1.54) is 0 Å². The Morgan fingerprint density at radius 3 is 1.38 bits per heavy atom. The molecule has 0 aliphatic rings. The standard InChI is InChI=1S/C5H10.2BrH.Mg/c1-4-5(2)3;;;/h4-5H,1H2,2-3H3;2*1H;/q;;;+2/p-2. The summed E-state index contributed by atoms with van der Waals surface area (Å²) in [6.07, 6.45) is 1.92. The van der Waals surface area contributed by atoms with Gasteiger partial charge in [-0.1, -0.05) is 19.9 Å². The van der Waals surface area contributed by atoms with Gasteiger partial charge in [0.05, 0.1) is 0 Å². The average Bonchev–Trinajstić information content (AvgIpc) is 1.38. The van der Waals surface area contributed by atoms with E-state index in [0.717, 1.165) is 0 Å². The van der Waals surface area contributed by atoms with Gasteiger partial charge in [-0.2, -0.15) is 0 Å². The fraction of sp³-hybridized carbons (Fsp3) is 0.600. The third-order valence-corrected chi connectivity index (χ3v) is 0.471. The average molecular weight is 254 g/mol. The molecule has 0 amide bonds. The van der Waals surface area contributed by atoms with Gasteiger partial charge in [0, 0.05) is 0 Å². The Bertz CT molecular complexity index is 37.4. The summed E-state index contributed by atoms with van der Waals surface area (Å²) in [6, 6.07) is 0. The maximum Gasteiger partial charge on any atom is 2.00 e. The second-order valence-corrected chi connectivity index (χ2v) is 1.48. The van der Waals surface area contributed by atoms with Gasteiger partial charge in [0.2, 0.25) is 0 Å². The molecule has 0 aromatic carbocycles. The second kappa shape index (κ2) is 15.8. The summed E-state index contributed by atoms with van der Waals surface area (Å²) >= 11 is 0. The molecule has 0 atom stereocenters. The third-order valence-electron chi connectivity index (χ3n) is 0.471. The maximum atomic E-state index is 3.56. The minimum absolute atomic E-state index is 0. The van der Waals surface area contributed by atoms with E-state index in [1.54, 1.807) is 0 Å². The Hall–Kier alpha value is 1.47. The smallest absolute Gasteiger partial charge is 1.00 e. The second-order valence-electron chi connectivity index (χ2n) is 1.48. The number of hydrogen-bond acceptors (Lipinski definition) is 0. The van der Waals surface area contributed by atoms with E-state index in [4.69, 9.17) is 0 Å². The molecule has 0 nitrogen and oxygen atoms in total. The number of hydrogen-bond donors (Lipinski definition) is 0. The summed E-state index contributed by atoms with van der Waals surface area (Å²) in [5.41, 5.74) is 0. The molecule has 0 spiro atoms. The van der Waals surface area contributed by atoms with Crippen molar-refractivity contribution in [2.24, 2.45) is 5.92 Å². The van der Waals surface area contributed by atoms with Crippen LogP contribution in [0.4, 0.5) is 0 Å². The summed E-state index contributed by atoms with van der Waals surface area (Å²) in [7, 11) is 0. The number of halogens is 2. The van der Waals surface area contributed by atoms with E-state index in [0.29, 0.717) is 5.92 Å². The topological polar surface area (TPSA) is 0 Å². The molecular formula is C5H10Br2Mg. The van der Waals surface area contributed by atoms with E-state index in [1.807, 2.05) is 6.08 Å². The van der Waals surface area contributed by atoms with Crippen molar-refractivity contribution in [3.05, 3.63) is 12.7 Å². The van der Waals surface area contributed by atoms with Gasteiger partial charge in [-0.25, -0.2) is 0 Å². The van der Waals surface area contributed by atoms with Crippen LogP contribution < -0.4 is 34.0 Å². The van der Waals surface area contributed by atoms with Crippen molar-refractivity contribution in [1.82, 2.24) is 0 Å². The SMILES string of the molecule is C=CC(C)C.[Br-].[Br-].[Mg+2]. The molecule has 46 valence electrons. The quantitative estimate of drug-likeness (QED) is 0.327. The molecular weight excluding hydrogens is 244 g/mol. The van der Waals surface area contributed by atoms with Crippen molar-refractivity contribution in [3.63, 3.8) is 0 Å². The molecule has 0 rings (SSSR count). The summed E-state index contributed by atoms with van der Waals surface area (Å²) in [4.78, 5) is 0. The zero-order valence-electron chi connectivity index (χ0n) is 5.32. The van der Waals surface area contributed by atoms with Crippen molar-refractivity contribution >= 4 is 23.1 Å². The Morgan fingerprint density at radius 2 is 1.38 bits per heavy atom. The summed E-state index contributed by atoms with van der Waals surface area (Å²) in [5.74, 6) is 0.648. The number of allylic oxidation sites excluding steroid dienone is 1. The van der Waals surface area contributed by atoms with Gasteiger partial charge in [-0.05, 0) is 5.92 Å². The molecule has 0 saturated carbocycles. The first-order valence-electron chi connectivity index (χ1n) is 1.90. The Labute approximate surface area is 88.8 Å². The van der Waals surface area contributed by atoms with Crippen LogP contribution >= 0.6 is 0 Å². The predicted molar refractivity (Wildman–Crippen MR) is 30.8 cm³/mol. The van der Waals surface area contributed by atoms with Gasteiger partial charge in [-0.3, -0.25) is 0 Å². The predicted octanol–water partition coefficient (Wildman–Crippen LogP) is -4.54. The fourth-order valence-corrected chi connectivity index (χ4v) is 0. The van der Waals surface area contributed by atoms with Crippen LogP contribution in [0.25, 0.3) is 0 Å². The molecule has 0 N–H and O–H groups in total. The Kier molecular flexibility index (Phi) is 44.8. The third kappa shape index (κ3) is 26.0. The molecule has 0 unspecified atom stereocenters. The van der Waals surface area contributed by atoms with Crippen LogP contribution in [0.1, 0.15) is 13.8 Å². The first-order valence-corrected chi connectivity index (χ1v) is 1.90. The molecule has 0 aliphatic carbocycles. The molecule has 0 fully saturated rings. The molecule has 0 saturated heterocycles. The largest absolute Gasteiger partial charge is 2.00 e. The summed E-state index contributed by atoms with van der Waals surface area (Å²) < 4.78 is 0. The first-order chi connectivity index (χ1) is 2.27. The molecule has 3 heteroatoms. The van der Waals surface area contributed by atoms with Crippen molar-refractivity contribution < 1.29 is 34.0 Å². The zero-order chi connectivity index (χ0) is 4.28. The van der Waals surface area contributed by atoms with Crippen LogP contribution in [0.5, 0.6) is 0 Å². The van der Waals surface area contributed by atoms with E-state index in [9.17, 15) is 0 Å². The molecule has 0 aromatic rings. The van der Waals surface area contributed by atoms with Crippen LogP contribution in [0.3, 0.4) is 0 Å². The molecule has 0 heterocycles. The Balaban J connectivity index is -0.0000000267. The normalized spacial score (nSPS) is 5.38. The van der Waals surface area contributed by atoms with Crippen molar-refractivity contribution in [3.8, 4) is 0 Å². The molecule has 0 bridgehead atoms. The molecule has 0 aromatic heterocycles. The maximum absolute atomic E-state index is 3.56. The first kappa shape index (κ1) is 22.7. The van der Waals surface area contributed by atoms with E-state index >= 15 is 0 Å². The fourth-order valence-electron chi connectivity index (χ4n) is 0. The molecule has 0 aliphatic heterocycles. The minimum Gasteiger partial charge on any atom is -1.00 e. The summed E-state index contributed by atoms with van der Waals surface area (Å²) in [5, 5.41) is 0. The molecule has 8 heavy (non-hydrogen) atoms. The number of rotatable bonds is 1. The van der Waals surface area contributed by atoms with Crippen LogP contribution in [-0.2, 0) is 0 Å². The summed E-state index contributed by atoms with van der Waals surface area (Å²) in [6.45, 7) is 7.77. The van der Waals surface area contributed by atoms with Crippen LogP contribution in [-0.4, -0.2) is 23.1 Å². The van der Waals surface area contributed by atoms with E-state index < -0.39 is 0 Å². The van der Waals surface area contributed by atoms with Gasteiger partial charge < -0.3 is 34.0 Å².